The molecule has 1 fully saturated rings. The van der Waals surface area contributed by atoms with Crippen molar-refractivity contribution in [1.82, 2.24) is 10.7 Å². The SMILES string of the molecule is O=C1CCC(C(=O)NC2CC(O)C2)=NN1. The van der Waals surface area contributed by atoms with Crippen LogP contribution in [0.4, 0.5) is 0 Å². The molecule has 1 heterocycles. The second-order valence-corrected chi connectivity index (χ2v) is 3.89. The van der Waals surface area contributed by atoms with E-state index in [0.717, 1.165) is 0 Å². The number of aliphatic hydroxyl groups is 1. The molecule has 0 atom stereocenters. The summed E-state index contributed by atoms with van der Waals surface area (Å²) in [6.45, 7) is 0. The summed E-state index contributed by atoms with van der Waals surface area (Å²) < 4.78 is 0. The zero-order valence-electron chi connectivity index (χ0n) is 8.19. The molecule has 0 aromatic heterocycles. The first-order valence-electron chi connectivity index (χ1n) is 4.99. The third-order valence-electron chi connectivity index (χ3n) is 2.61. The van der Waals surface area contributed by atoms with Crippen molar-refractivity contribution in [1.29, 1.82) is 0 Å². The van der Waals surface area contributed by atoms with E-state index in [1.807, 2.05) is 0 Å². The fourth-order valence-electron chi connectivity index (χ4n) is 1.61. The van der Waals surface area contributed by atoms with E-state index in [2.05, 4.69) is 15.8 Å². The van der Waals surface area contributed by atoms with Gasteiger partial charge in [0.25, 0.3) is 5.91 Å². The van der Waals surface area contributed by atoms with Crippen LogP contribution in [-0.4, -0.2) is 34.8 Å². The van der Waals surface area contributed by atoms with Gasteiger partial charge in [0.2, 0.25) is 5.91 Å². The van der Waals surface area contributed by atoms with Gasteiger partial charge in [0, 0.05) is 18.9 Å². The van der Waals surface area contributed by atoms with Crippen molar-refractivity contribution >= 4 is 17.5 Å². The Morgan fingerprint density at radius 3 is 2.73 bits per heavy atom. The summed E-state index contributed by atoms with van der Waals surface area (Å²) in [4.78, 5) is 22.3. The van der Waals surface area contributed by atoms with Gasteiger partial charge in [-0.1, -0.05) is 0 Å². The summed E-state index contributed by atoms with van der Waals surface area (Å²) in [5.74, 6) is -0.405. The monoisotopic (exact) mass is 211 g/mol. The van der Waals surface area contributed by atoms with E-state index in [-0.39, 0.29) is 24.0 Å². The highest BCUT2D eigenvalue weighted by Gasteiger charge is 2.30. The second kappa shape index (κ2) is 3.98. The molecule has 0 aromatic rings. The Hall–Kier alpha value is -1.43. The zero-order valence-corrected chi connectivity index (χ0v) is 8.19. The highest BCUT2D eigenvalue weighted by Crippen LogP contribution is 2.19. The predicted molar refractivity (Wildman–Crippen MR) is 52.0 cm³/mol. The fraction of sp³-hybridized carbons (Fsp3) is 0.667. The van der Waals surface area contributed by atoms with Gasteiger partial charge in [0.1, 0.15) is 5.71 Å². The lowest BCUT2D eigenvalue weighted by Crippen LogP contribution is -2.49. The summed E-state index contributed by atoms with van der Waals surface area (Å²) in [5.41, 5.74) is 2.63. The van der Waals surface area contributed by atoms with Crippen LogP contribution >= 0.6 is 0 Å². The van der Waals surface area contributed by atoms with Crippen molar-refractivity contribution in [2.24, 2.45) is 5.10 Å². The molecule has 1 aliphatic carbocycles. The average molecular weight is 211 g/mol. The molecule has 0 saturated heterocycles. The molecule has 2 aliphatic rings. The molecule has 6 heteroatoms. The number of hydrogen-bond donors (Lipinski definition) is 3. The molecule has 0 aromatic carbocycles. The van der Waals surface area contributed by atoms with Crippen molar-refractivity contribution in [3.05, 3.63) is 0 Å². The van der Waals surface area contributed by atoms with Gasteiger partial charge >= 0.3 is 0 Å². The van der Waals surface area contributed by atoms with Crippen LogP contribution in [0.25, 0.3) is 0 Å². The maximum atomic E-state index is 11.5. The summed E-state index contributed by atoms with van der Waals surface area (Å²) >= 11 is 0. The number of rotatable bonds is 2. The molecular formula is C9H13N3O3. The Bertz CT molecular complexity index is 321. The largest absolute Gasteiger partial charge is 0.393 e. The van der Waals surface area contributed by atoms with E-state index >= 15 is 0 Å². The van der Waals surface area contributed by atoms with Gasteiger partial charge in [-0.15, -0.1) is 0 Å². The third-order valence-corrected chi connectivity index (χ3v) is 2.61. The summed E-state index contributed by atoms with van der Waals surface area (Å²) in [6, 6.07) is 0.0489. The molecule has 1 aliphatic heterocycles. The van der Waals surface area contributed by atoms with Crippen LogP contribution in [0.1, 0.15) is 25.7 Å². The fourth-order valence-corrected chi connectivity index (χ4v) is 1.61. The van der Waals surface area contributed by atoms with E-state index in [1.165, 1.54) is 0 Å². The van der Waals surface area contributed by atoms with E-state index in [9.17, 15) is 9.59 Å². The zero-order chi connectivity index (χ0) is 10.8. The van der Waals surface area contributed by atoms with Crippen molar-refractivity contribution in [2.75, 3.05) is 0 Å². The van der Waals surface area contributed by atoms with E-state index in [4.69, 9.17) is 5.11 Å². The summed E-state index contributed by atoms with van der Waals surface area (Å²) in [6.07, 6.45) is 1.60. The minimum absolute atomic E-state index is 0.0489. The quantitative estimate of drug-likeness (QED) is 0.541. The molecule has 1 saturated carbocycles. The topological polar surface area (TPSA) is 90.8 Å². The number of amides is 2. The first-order valence-corrected chi connectivity index (χ1v) is 4.99. The number of carbonyl (C=O) groups is 2. The van der Waals surface area contributed by atoms with Crippen LogP contribution in [0.5, 0.6) is 0 Å². The molecule has 0 bridgehead atoms. The minimum atomic E-state index is -0.289. The molecule has 0 spiro atoms. The summed E-state index contributed by atoms with van der Waals surface area (Å²) in [5, 5.41) is 15.5. The molecule has 0 unspecified atom stereocenters. The number of aliphatic hydroxyl groups excluding tert-OH is 1. The van der Waals surface area contributed by atoms with Gasteiger partial charge < -0.3 is 10.4 Å². The van der Waals surface area contributed by atoms with Crippen molar-refractivity contribution in [2.45, 2.75) is 37.8 Å². The Balaban J connectivity index is 1.83. The van der Waals surface area contributed by atoms with Gasteiger partial charge in [-0.3, -0.25) is 9.59 Å². The standard InChI is InChI=1S/C9H13N3O3/c13-6-3-5(4-6)10-9(15)7-1-2-8(14)12-11-7/h5-6,13H,1-4H2,(H,10,15)(H,12,14). The van der Waals surface area contributed by atoms with Gasteiger partial charge in [0.15, 0.2) is 0 Å². The lowest BCUT2D eigenvalue weighted by atomic mass is 9.89. The Morgan fingerprint density at radius 2 is 2.20 bits per heavy atom. The molecule has 82 valence electrons. The Labute approximate surface area is 86.7 Å². The van der Waals surface area contributed by atoms with Crippen LogP contribution < -0.4 is 10.7 Å². The van der Waals surface area contributed by atoms with Gasteiger partial charge in [-0.05, 0) is 12.8 Å². The minimum Gasteiger partial charge on any atom is -0.393 e. The molecule has 2 rings (SSSR count). The summed E-state index contributed by atoms with van der Waals surface area (Å²) in [7, 11) is 0. The van der Waals surface area contributed by atoms with E-state index in [0.29, 0.717) is 31.4 Å². The predicted octanol–water partition coefficient (Wildman–Crippen LogP) is -1.11. The number of nitrogens with zero attached hydrogens (tertiary/aromatic N) is 1. The number of nitrogens with one attached hydrogen (secondary N) is 2. The Kier molecular flexibility index (Phi) is 2.68. The van der Waals surface area contributed by atoms with Crippen LogP contribution in [0.2, 0.25) is 0 Å². The lowest BCUT2D eigenvalue weighted by Gasteiger charge is -2.32. The van der Waals surface area contributed by atoms with E-state index in [1.54, 1.807) is 0 Å². The van der Waals surface area contributed by atoms with E-state index < -0.39 is 0 Å². The first-order chi connectivity index (χ1) is 7.15. The van der Waals surface area contributed by atoms with Crippen LogP contribution in [0.15, 0.2) is 5.10 Å². The van der Waals surface area contributed by atoms with Gasteiger partial charge in [0.05, 0.1) is 6.10 Å². The third kappa shape index (κ3) is 2.33. The molecule has 2 amide bonds. The Morgan fingerprint density at radius 1 is 1.47 bits per heavy atom. The van der Waals surface area contributed by atoms with Crippen molar-refractivity contribution in [3.8, 4) is 0 Å². The molecule has 0 radical (unpaired) electrons. The maximum Gasteiger partial charge on any atom is 0.267 e. The molecule has 15 heavy (non-hydrogen) atoms. The highest BCUT2D eigenvalue weighted by molar-refractivity contribution is 6.39. The van der Waals surface area contributed by atoms with Crippen molar-refractivity contribution in [3.63, 3.8) is 0 Å². The normalized spacial score (nSPS) is 29.9. The van der Waals surface area contributed by atoms with Gasteiger partial charge in [-0.25, -0.2) is 5.43 Å². The van der Waals surface area contributed by atoms with Crippen LogP contribution in [0, 0.1) is 0 Å². The molecule has 6 nitrogen and oxygen atoms in total. The number of hydrazone groups is 1. The first kappa shape index (κ1) is 10.1. The number of carbonyl (C=O) groups excluding carboxylic acids is 2. The molecule has 3 N–H and O–H groups in total. The molecular weight excluding hydrogens is 198 g/mol. The van der Waals surface area contributed by atoms with Crippen LogP contribution in [-0.2, 0) is 9.59 Å². The second-order valence-electron chi connectivity index (χ2n) is 3.89. The van der Waals surface area contributed by atoms with Crippen molar-refractivity contribution < 1.29 is 14.7 Å². The van der Waals surface area contributed by atoms with Gasteiger partial charge in [-0.2, -0.15) is 5.10 Å². The lowest BCUT2D eigenvalue weighted by molar-refractivity contribution is -0.121. The highest BCUT2D eigenvalue weighted by atomic mass is 16.3. The average Bonchev–Trinajstić information content (AvgIpc) is 2.16. The smallest absolute Gasteiger partial charge is 0.267 e. The number of hydrogen-bond acceptors (Lipinski definition) is 4. The van der Waals surface area contributed by atoms with Crippen LogP contribution in [0.3, 0.4) is 0 Å². The maximum absolute atomic E-state index is 11.5.